The van der Waals surface area contributed by atoms with Gasteiger partial charge in [-0.15, -0.1) is 0 Å². The highest BCUT2D eigenvalue weighted by molar-refractivity contribution is 7.89. The zero-order valence-corrected chi connectivity index (χ0v) is 15.5. The van der Waals surface area contributed by atoms with Crippen molar-refractivity contribution in [2.75, 3.05) is 37.7 Å². The Morgan fingerprint density at radius 1 is 1.15 bits per heavy atom. The summed E-state index contributed by atoms with van der Waals surface area (Å²) in [6, 6.07) is 6.84. The van der Waals surface area contributed by atoms with E-state index in [2.05, 4.69) is 9.97 Å². The Morgan fingerprint density at radius 2 is 1.88 bits per heavy atom. The molecule has 0 radical (unpaired) electrons. The van der Waals surface area contributed by atoms with Crippen LogP contribution in [0.25, 0.3) is 0 Å². The Balaban J connectivity index is 1.73. The number of anilines is 1. The van der Waals surface area contributed by atoms with Crippen molar-refractivity contribution in [1.29, 1.82) is 0 Å². The third-order valence-corrected chi connectivity index (χ3v) is 5.98. The molecule has 0 amide bonds. The molecule has 0 aliphatic carbocycles. The third-order valence-electron chi connectivity index (χ3n) is 4.09. The van der Waals surface area contributed by atoms with Crippen molar-refractivity contribution in [3.05, 3.63) is 42.0 Å². The van der Waals surface area contributed by atoms with Gasteiger partial charge >= 0.3 is 0 Å². The highest BCUT2D eigenvalue weighted by Crippen LogP contribution is 2.22. The summed E-state index contributed by atoms with van der Waals surface area (Å²) in [5.74, 6) is 1.25. The second kappa shape index (κ2) is 7.55. The SMILES string of the molecule is CCOc1cc(N2CCN(S(=O)(=O)c3cccc(F)c3)CC2)nc(C)n1. The fourth-order valence-electron chi connectivity index (χ4n) is 2.84. The van der Waals surface area contributed by atoms with Crippen LogP contribution in [0, 0.1) is 12.7 Å². The molecule has 0 saturated carbocycles. The third kappa shape index (κ3) is 3.94. The molecule has 1 saturated heterocycles. The molecule has 1 aliphatic heterocycles. The fourth-order valence-corrected chi connectivity index (χ4v) is 4.30. The molecular formula is C17H21FN4O3S. The predicted octanol–water partition coefficient (Wildman–Crippen LogP) is 1.83. The van der Waals surface area contributed by atoms with E-state index in [1.54, 1.807) is 13.0 Å². The van der Waals surface area contributed by atoms with Gasteiger partial charge in [0.25, 0.3) is 0 Å². The zero-order valence-electron chi connectivity index (χ0n) is 14.7. The fraction of sp³-hybridized carbons (Fsp3) is 0.412. The van der Waals surface area contributed by atoms with Crippen LogP contribution in [0.3, 0.4) is 0 Å². The molecular weight excluding hydrogens is 359 g/mol. The summed E-state index contributed by atoms with van der Waals surface area (Å²) in [6.07, 6.45) is 0. The van der Waals surface area contributed by atoms with E-state index >= 15 is 0 Å². The summed E-state index contributed by atoms with van der Waals surface area (Å²) in [6.45, 7) is 5.74. The highest BCUT2D eigenvalue weighted by atomic mass is 32.2. The largest absolute Gasteiger partial charge is 0.478 e. The van der Waals surface area contributed by atoms with Crippen LogP contribution in [0.2, 0.25) is 0 Å². The summed E-state index contributed by atoms with van der Waals surface area (Å²) in [5.41, 5.74) is 0. The van der Waals surface area contributed by atoms with E-state index in [1.165, 1.54) is 22.5 Å². The maximum Gasteiger partial charge on any atom is 0.243 e. The number of benzene rings is 1. The maximum atomic E-state index is 13.4. The van der Waals surface area contributed by atoms with Crippen LogP contribution >= 0.6 is 0 Å². The predicted molar refractivity (Wildman–Crippen MR) is 95.3 cm³/mol. The van der Waals surface area contributed by atoms with Crippen LogP contribution in [0.1, 0.15) is 12.7 Å². The summed E-state index contributed by atoms with van der Waals surface area (Å²) in [4.78, 5) is 10.6. The van der Waals surface area contributed by atoms with E-state index in [0.29, 0.717) is 50.3 Å². The molecule has 9 heteroatoms. The second-order valence-electron chi connectivity index (χ2n) is 5.89. The average Bonchev–Trinajstić information content (AvgIpc) is 2.61. The number of sulfonamides is 1. The first kappa shape index (κ1) is 18.5. The number of rotatable bonds is 5. The minimum Gasteiger partial charge on any atom is -0.478 e. The van der Waals surface area contributed by atoms with Crippen molar-refractivity contribution in [3.63, 3.8) is 0 Å². The molecule has 7 nitrogen and oxygen atoms in total. The first-order chi connectivity index (χ1) is 12.4. The van der Waals surface area contributed by atoms with Gasteiger partial charge in [0.15, 0.2) is 0 Å². The van der Waals surface area contributed by atoms with E-state index in [-0.39, 0.29) is 4.90 Å². The highest BCUT2D eigenvalue weighted by Gasteiger charge is 2.29. The molecule has 0 atom stereocenters. The van der Waals surface area contributed by atoms with Crippen LogP contribution in [0.4, 0.5) is 10.2 Å². The summed E-state index contributed by atoms with van der Waals surface area (Å²) < 4.78 is 45.5. The molecule has 1 aromatic heterocycles. The molecule has 0 unspecified atom stereocenters. The Hall–Kier alpha value is -2.26. The molecule has 2 heterocycles. The van der Waals surface area contributed by atoms with E-state index in [4.69, 9.17) is 4.74 Å². The Bertz CT molecular complexity index is 883. The molecule has 1 fully saturated rings. The maximum absolute atomic E-state index is 13.4. The first-order valence-electron chi connectivity index (χ1n) is 8.39. The minimum atomic E-state index is -3.71. The van der Waals surface area contributed by atoms with Crippen molar-refractivity contribution >= 4 is 15.8 Å². The van der Waals surface area contributed by atoms with E-state index < -0.39 is 15.8 Å². The molecule has 26 heavy (non-hydrogen) atoms. The number of aromatic nitrogens is 2. The van der Waals surface area contributed by atoms with Crippen molar-refractivity contribution in [2.24, 2.45) is 0 Å². The lowest BCUT2D eigenvalue weighted by molar-refractivity contribution is 0.325. The van der Waals surface area contributed by atoms with Gasteiger partial charge in [-0.2, -0.15) is 9.29 Å². The van der Waals surface area contributed by atoms with Crippen molar-refractivity contribution in [2.45, 2.75) is 18.7 Å². The smallest absolute Gasteiger partial charge is 0.243 e. The monoisotopic (exact) mass is 380 g/mol. The molecule has 1 aromatic carbocycles. The number of ether oxygens (including phenoxy) is 1. The van der Waals surface area contributed by atoms with Crippen LogP contribution in [0.15, 0.2) is 35.2 Å². The van der Waals surface area contributed by atoms with Gasteiger partial charge in [-0.25, -0.2) is 17.8 Å². The van der Waals surface area contributed by atoms with Crippen molar-refractivity contribution in [3.8, 4) is 5.88 Å². The zero-order chi connectivity index (χ0) is 18.7. The van der Waals surface area contributed by atoms with Gasteiger partial charge in [0, 0.05) is 32.2 Å². The molecule has 140 valence electrons. The standard InChI is InChI=1S/C17H21FN4O3S/c1-3-25-17-12-16(19-13(2)20-17)21-7-9-22(10-8-21)26(23,24)15-6-4-5-14(18)11-15/h4-6,11-12H,3,7-10H2,1-2H3. The van der Waals surface area contributed by atoms with Gasteiger partial charge in [-0.3, -0.25) is 0 Å². The summed E-state index contributed by atoms with van der Waals surface area (Å²) in [5, 5.41) is 0. The van der Waals surface area contributed by atoms with Crippen LogP contribution in [0.5, 0.6) is 5.88 Å². The number of hydrogen-bond acceptors (Lipinski definition) is 6. The lowest BCUT2D eigenvalue weighted by atomic mass is 10.3. The molecule has 0 N–H and O–H groups in total. The van der Waals surface area contributed by atoms with Gasteiger partial charge in [0.1, 0.15) is 17.5 Å². The van der Waals surface area contributed by atoms with Crippen molar-refractivity contribution in [1.82, 2.24) is 14.3 Å². The second-order valence-corrected chi connectivity index (χ2v) is 7.83. The minimum absolute atomic E-state index is 0.0255. The first-order valence-corrected chi connectivity index (χ1v) is 9.83. The van der Waals surface area contributed by atoms with Gasteiger partial charge < -0.3 is 9.64 Å². The molecule has 1 aliphatic rings. The lowest BCUT2D eigenvalue weighted by Gasteiger charge is -2.34. The molecule has 2 aromatic rings. The van der Waals surface area contributed by atoms with Crippen molar-refractivity contribution < 1.29 is 17.5 Å². The molecule has 0 bridgehead atoms. The number of piperazine rings is 1. The van der Waals surface area contributed by atoms with E-state index in [0.717, 1.165) is 6.07 Å². The summed E-state index contributed by atoms with van der Waals surface area (Å²) >= 11 is 0. The number of halogens is 1. The van der Waals surface area contributed by atoms with E-state index in [1.807, 2.05) is 11.8 Å². The Kier molecular flexibility index (Phi) is 5.38. The number of hydrogen-bond donors (Lipinski definition) is 0. The topological polar surface area (TPSA) is 75.6 Å². The van der Waals surface area contributed by atoms with Gasteiger partial charge in [0.05, 0.1) is 11.5 Å². The van der Waals surface area contributed by atoms with Gasteiger partial charge in [-0.1, -0.05) is 6.07 Å². The number of aryl methyl sites for hydroxylation is 1. The Morgan fingerprint density at radius 3 is 2.54 bits per heavy atom. The normalized spacial score (nSPS) is 15.9. The quantitative estimate of drug-likeness (QED) is 0.788. The van der Waals surface area contributed by atoms with Crippen LogP contribution in [-0.2, 0) is 10.0 Å². The van der Waals surface area contributed by atoms with E-state index in [9.17, 15) is 12.8 Å². The Labute approximate surface area is 152 Å². The molecule has 0 spiro atoms. The average molecular weight is 380 g/mol. The lowest BCUT2D eigenvalue weighted by Crippen LogP contribution is -2.49. The number of nitrogens with zero attached hydrogens (tertiary/aromatic N) is 4. The van der Waals surface area contributed by atoms with Gasteiger partial charge in [0.2, 0.25) is 15.9 Å². The summed E-state index contributed by atoms with van der Waals surface area (Å²) in [7, 11) is -3.71. The molecule has 3 rings (SSSR count). The van der Waals surface area contributed by atoms with Crippen LogP contribution < -0.4 is 9.64 Å². The van der Waals surface area contributed by atoms with Crippen LogP contribution in [-0.4, -0.2) is 55.5 Å². The van der Waals surface area contributed by atoms with Gasteiger partial charge in [-0.05, 0) is 32.0 Å².